The van der Waals surface area contributed by atoms with E-state index in [-0.39, 0.29) is 18.7 Å². The number of nitrogens with one attached hydrogen (secondary N) is 2. The summed E-state index contributed by atoms with van der Waals surface area (Å²) in [6.07, 6.45) is -0.633. The number of hydrogen-bond donors (Lipinski definition) is 2. The topological polar surface area (TPSA) is 44.9 Å². The second kappa shape index (κ2) is 6.26. The first-order valence-electron chi connectivity index (χ1n) is 7.86. The Labute approximate surface area is 132 Å². The number of hydrogen-bond acceptors (Lipinski definition) is 1. The molecule has 1 aliphatic rings. The summed E-state index contributed by atoms with van der Waals surface area (Å²) >= 11 is 0. The molecule has 124 valence electrons. The van der Waals surface area contributed by atoms with Gasteiger partial charge in [0, 0.05) is 23.1 Å². The van der Waals surface area contributed by atoms with E-state index in [2.05, 4.69) is 10.3 Å². The molecule has 6 heteroatoms. The van der Waals surface area contributed by atoms with Crippen molar-refractivity contribution in [1.29, 1.82) is 0 Å². The Morgan fingerprint density at radius 2 is 1.96 bits per heavy atom. The minimum absolute atomic E-state index is 0.0884. The van der Waals surface area contributed by atoms with Gasteiger partial charge in [0.05, 0.1) is 12.3 Å². The zero-order valence-electron chi connectivity index (χ0n) is 12.6. The van der Waals surface area contributed by atoms with E-state index >= 15 is 0 Å². The van der Waals surface area contributed by atoms with Crippen LogP contribution < -0.4 is 5.32 Å². The Morgan fingerprint density at radius 1 is 1.22 bits per heavy atom. The van der Waals surface area contributed by atoms with Gasteiger partial charge in [-0.25, -0.2) is 0 Å². The van der Waals surface area contributed by atoms with Crippen molar-refractivity contribution in [3.05, 3.63) is 36.0 Å². The number of H-pyrrole nitrogens is 1. The molecule has 0 bridgehead atoms. The van der Waals surface area contributed by atoms with Gasteiger partial charge in [-0.15, -0.1) is 0 Å². The highest BCUT2D eigenvalue weighted by Crippen LogP contribution is 2.37. The predicted octanol–water partition coefficient (Wildman–Crippen LogP) is 3.95. The van der Waals surface area contributed by atoms with E-state index in [0.29, 0.717) is 12.8 Å². The molecule has 0 aliphatic heterocycles. The molecule has 1 saturated carbocycles. The first kappa shape index (κ1) is 15.9. The van der Waals surface area contributed by atoms with Gasteiger partial charge >= 0.3 is 6.18 Å². The fraction of sp³-hybridized carbons (Fsp3) is 0.471. The van der Waals surface area contributed by atoms with Crippen molar-refractivity contribution in [3.63, 3.8) is 0 Å². The number of para-hydroxylation sites is 1. The molecular formula is C17H19F3N2O. The van der Waals surface area contributed by atoms with Gasteiger partial charge in [-0.05, 0) is 24.5 Å². The molecule has 2 atom stereocenters. The highest BCUT2D eigenvalue weighted by Gasteiger charge is 2.45. The van der Waals surface area contributed by atoms with Gasteiger partial charge in [0.25, 0.3) is 0 Å². The lowest BCUT2D eigenvalue weighted by Crippen LogP contribution is -2.48. The van der Waals surface area contributed by atoms with Crippen molar-refractivity contribution >= 4 is 16.8 Å². The van der Waals surface area contributed by atoms with Crippen molar-refractivity contribution in [2.24, 2.45) is 5.92 Å². The molecule has 1 amide bonds. The molecule has 0 unspecified atom stereocenters. The second-order valence-corrected chi connectivity index (χ2v) is 6.14. The monoisotopic (exact) mass is 324 g/mol. The third-order valence-electron chi connectivity index (χ3n) is 4.56. The van der Waals surface area contributed by atoms with Crippen LogP contribution in [0.15, 0.2) is 30.5 Å². The fourth-order valence-corrected chi connectivity index (χ4v) is 3.40. The van der Waals surface area contributed by atoms with Gasteiger partial charge in [-0.3, -0.25) is 4.79 Å². The molecule has 2 N–H and O–H groups in total. The number of carbonyl (C=O) groups excluding carboxylic acids is 1. The van der Waals surface area contributed by atoms with Crippen LogP contribution in [0.2, 0.25) is 0 Å². The summed E-state index contributed by atoms with van der Waals surface area (Å²) in [6.45, 7) is 0. The van der Waals surface area contributed by atoms with Crippen molar-refractivity contribution in [3.8, 4) is 0 Å². The maximum atomic E-state index is 13.1. The summed E-state index contributed by atoms with van der Waals surface area (Å²) in [5.41, 5.74) is 1.72. The molecule has 2 aromatic rings. The molecule has 3 rings (SSSR count). The third kappa shape index (κ3) is 3.51. The summed E-state index contributed by atoms with van der Waals surface area (Å²) in [7, 11) is 0. The average molecular weight is 324 g/mol. The summed E-state index contributed by atoms with van der Waals surface area (Å²) in [6, 6.07) is 6.75. The zero-order valence-corrected chi connectivity index (χ0v) is 12.6. The molecule has 1 heterocycles. The second-order valence-electron chi connectivity index (χ2n) is 6.14. The van der Waals surface area contributed by atoms with Crippen molar-refractivity contribution in [1.82, 2.24) is 10.3 Å². The Morgan fingerprint density at radius 3 is 2.74 bits per heavy atom. The molecule has 0 spiro atoms. The van der Waals surface area contributed by atoms with Gasteiger partial charge in [0.2, 0.25) is 5.91 Å². The molecule has 0 radical (unpaired) electrons. The Hall–Kier alpha value is -1.98. The van der Waals surface area contributed by atoms with Crippen LogP contribution in [-0.2, 0) is 11.2 Å². The van der Waals surface area contributed by atoms with Gasteiger partial charge in [0.1, 0.15) is 0 Å². The number of halogens is 3. The number of fused-ring (bicyclic) bond motifs is 1. The van der Waals surface area contributed by atoms with Crippen molar-refractivity contribution in [2.45, 2.75) is 44.3 Å². The number of aromatic nitrogens is 1. The van der Waals surface area contributed by atoms with Crippen LogP contribution in [0.4, 0.5) is 13.2 Å². The molecule has 3 nitrogen and oxygen atoms in total. The highest BCUT2D eigenvalue weighted by atomic mass is 19.4. The van der Waals surface area contributed by atoms with E-state index in [1.54, 1.807) is 6.20 Å². The summed E-state index contributed by atoms with van der Waals surface area (Å²) in [5.74, 6) is -1.78. The number of rotatable bonds is 3. The van der Waals surface area contributed by atoms with E-state index in [4.69, 9.17) is 0 Å². The summed E-state index contributed by atoms with van der Waals surface area (Å²) in [5, 5.41) is 3.53. The first-order chi connectivity index (χ1) is 10.9. The third-order valence-corrected chi connectivity index (χ3v) is 4.56. The maximum Gasteiger partial charge on any atom is 0.393 e. The van der Waals surface area contributed by atoms with Crippen LogP contribution in [0.25, 0.3) is 10.9 Å². The highest BCUT2D eigenvalue weighted by molar-refractivity contribution is 5.88. The van der Waals surface area contributed by atoms with Crippen LogP contribution in [0.3, 0.4) is 0 Å². The molecule has 1 aliphatic carbocycles. The Bertz CT molecular complexity index is 692. The minimum Gasteiger partial charge on any atom is -0.361 e. The number of benzene rings is 1. The van der Waals surface area contributed by atoms with Gasteiger partial charge in [0.15, 0.2) is 0 Å². The Balaban J connectivity index is 1.69. The van der Waals surface area contributed by atoms with Gasteiger partial charge in [-0.1, -0.05) is 31.0 Å². The molecule has 1 fully saturated rings. The molecule has 1 aromatic carbocycles. The lowest BCUT2D eigenvalue weighted by molar-refractivity contribution is -0.189. The van der Waals surface area contributed by atoms with E-state index in [1.807, 2.05) is 24.3 Å². The van der Waals surface area contributed by atoms with Crippen molar-refractivity contribution < 1.29 is 18.0 Å². The van der Waals surface area contributed by atoms with Crippen LogP contribution in [0, 0.1) is 5.92 Å². The predicted molar refractivity (Wildman–Crippen MR) is 81.9 cm³/mol. The first-order valence-corrected chi connectivity index (χ1v) is 7.86. The van der Waals surface area contributed by atoms with Gasteiger partial charge < -0.3 is 10.3 Å². The van der Waals surface area contributed by atoms with Crippen LogP contribution in [0.1, 0.15) is 31.2 Å². The lowest BCUT2D eigenvalue weighted by Gasteiger charge is -2.33. The van der Waals surface area contributed by atoms with Gasteiger partial charge in [-0.2, -0.15) is 13.2 Å². The number of amides is 1. The minimum atomic E-state index is -4.25. The number of aromatic amines is 1. The molecule has 0 saturated heterocycles. The molecule has 23 heavy (non-hydrogen) atoms. The van der Waals surface area contributed by atoms with E-state index < -0.39 is 18.1 Å². The smallest absolute Gasteiger partial charge is 0.361 e. The largest absolute Gasteiger partial charge is 0.393 e. The standard InChI is InChI=1S/C17H19F3N2O/c18-17(19,20)13-6-2-4-8-15(13)22-16(23)9-11-10-21-14-7-3-1-5-12(11)14/h1,3,5,7,10,13,15,21H,2,4,6,8-9H2,(H,22,23)/t13-,15+/m1/s1. The summed E-state index contributed by atoms with van der Waals surface area (Å²) < 4.78 is 39.2. The lowest BCUT2D eigenvalue weighted by atomic mass is 9.84. The zero-order chi connectivity index (χ0) is 16.4. The fourth-order valence-electron chi connectivity index (χ4n) is 3.40. The number of alkyl halides is 3. The number of carbonyl (C=O) groups is 1. The van der Waals surface area contributed by atoms with Crippen LogP contribution >= 0.6 is 0 Å². The maximum absolute atomic E-state index is 13.1. The van der Waals surface area contributed by atoms with Crippen LogP contribution in [-0.4, -0.2) is 23.1 Å². The Kier molecular flexibility index (Phi) is 4.33. The normalized spacial score (nSPS) is 22.2. The average Bonchev–Trinajstić information content (AvgIpc) is 2.90. The SMILES string of the molecule is O=C(Cc1c[nH]c2ccccc12)N[C@H]1CCCC[C@H]1C(F)(F)F. The van der Waals surface area contributed by atoms with Crippen molar-refractivity contribution in [2.75, 3.05) is 0 Å². The summed E-state index contributed by atoms with van der Waals surface area (Å²) in [4.78, 5) is 15.3. The van der Waals surface area contributed by atoms with E-state index in [9.17, 15) is 18.0 Å². The van der Waals surface area contributed by atoms with E-state index in [1.165, 1.54) is 0 Å². The van der Waals surface area contributed by atoms with E-state index in [0.717, 1.165) is 22.9 Å². The molecular weight excluding hydrogens is 305 g/mol. The van der Waals surface area contributed by atoms with Crippen LogP contribution in [0.5, 0.6) is 0 Å². The molecule has 1 aromatic heterocycles. The quantitative estimate of drug-likeness (QED) is 0.882.